The Morgan fingerprint density at radius 2 is 1.75 bits per heavy atom. The zero-order valence-corrected chi connectivity index (χ0v) is 28.8. The molecule has 256 valence electrons. The molecule has 3 heterocycles. The third-order valence-electron chi connectivity index (χ3n) is 8.36. The molecule has 0 fully saturated rings. The highest BCUT2D eigenvalue weighted by atomic mass is 32.2. The summed E-state index contributed by atoms with van der Waals surface area (Å²) in [7, 11) is -2.77. The van der Waals surface area contributed by atoms with Gasteiger partial charge in [0.05, 0.1) is 50.9 Å². The molecule has 0 bridgehead atoms. The fraction of sp³-hybridized carbons (Fsp3) is 0.108. The van der Waals surface area contributed by atoms with E-state index in [0.717, 1.165) is 21.4 Å². The molecule has 14 heteroatoms. The van der Waals surface area contributed by atoms with E-state index in [1.165, 1.54) is 36.1 Å². The van der Waals surface area contributed by atoms with Crippen LogP contribution in [0.25, 0.3) is 22.7 Å². The molecule has 2 aromatic heterocycles. The molecule has 1 aliphatic rings. The fourth-order valence-electron chi connectivity index (χ4n) is 6.07. The molecular formula is C37H28N4O8S2. The van der Waals surface area contributed by atoms with E-state index in [0.29, 0.717) is 43.8 Å². The smallest absolute Gasteiger partial charge is 0.338 e. The first kappa shape index (κ1) is 33.4. The number of nitrogens with zero attached hydrogens (tertiary/aromatic N) is 4. The minimum absolute atomic E-state index is 0.100. The second-order valence-electron chi connectivity index (χ2n) is 11.4. The SMILES string of the molecule is CCOC(=O)C1=C(c2ccccc2)N=c2s/c(=C\c3cn(S(=O)(=O)c4cccc([N+](=O)[O-])c4)c4ccccc34)c(=O)n2[C@@H]1c1cccc(OC)c1. The van der Waals surface area contributed by atoms with E-state index in [1.54, 1.807) is 61.5 Å². The Bertz CT molecular complexity index is 2690. The fourth-order valence-corrected chi connectivity index (χ4v) is 8.48. The number of non-ortho nitro benzene ring substituents is 1. The average molecular weight is 721 g/mol. The number of carbonyl (C=O) groups excluding carboxylic acids is 1. The number of thiazole rings is 1. The van der Waals surface area contributed by atoms with E-state index >= 15 is 0 Å². The molecule has 1 aliphatic heterocycles. The number of nitro benzene ring substituents is 1. The minimum Gasteiger partial charge on any atom is -0.497 e. The van der Waals surface area contributed by atoms with Crippen molar-refractivity contribution in [3.05, 3.63) is 161 Å². The number of rotatable bonds is 9. The Hall–Kier alpha value is -6.12. The lowest BCUT2D eigenvalue weighted by Crippen LogP contribution is -2.40. The molecule has 0 N–H and O–H groups in total. The quantitative estimate of drug-likeness (QED) is 0.114. The van der Waals surface area contributed by atoms with E-state index < -0.39 is 32.5 Å². The lowest BCUT2D eigenvalue weighted by molar-refractivity contribution is -0.385. The number of benzene rings is 4. The standard InChI is InChI=1S/C37H28N4O8S2/c1-3-49-36(43)32-33(23-11-5-4-6-12-23)38-37-40(34(32)24-13-9-15-27(19-24)48-2)35(42)31(50-37)20-25-22-39(30-18-8-7-17-29(25)30)51(46,47)28-16-10-14-26(21-28)41(44)45/h4-22,34H,3H2,1-2H3/b31-20-/t34-/m1/s1. The topological polar surface area (TPSA) is 152 Å². The zero-order chi connectivity index (χ0) is 35.9. The van der Waals surface area contributed by atoms with Crippen molar-refractivity contribution < 1.29 is 27.6 Å². The van der Waals surface area contributed by atoms with Gasteiger partial charge in [-0.3, -0.25) is 19.5 Å². The van der Waals surface area contributed by atoms with Crippen LogP contribution in [-0.2, 0) is 19.6 Å². The van der Waals surface area contributed by atoms with Gasteiger partial charge in [-0.15, -0.1) is 0 Å². The van der Waals surface area contributed by atoms with E-state index in [4.69, 9.17) is 14.5 Å². The van der Waals surface area contributed by atoms with Crippen LogP contribution in [-0.4, -0.2) is 41.6 Å². The molecule has 0 saturated carbocycles. The van der Waals surface area contributed by atoms with Crippen molar-refractivity contribution >= 4 is 55.7 Å². The van der Waals surface area contributed by atoms with Crippen molar-refractivity contribution in [3.63, 3.8) is 0 Å². The molecular weight excluding hydrogens is 693 g/mol. The number of carbonyl (C=O) groups is 1. The van der Waals surface area contributed by atoms with Crippen LogP contribution in [0.2, 0.25) is 0 Å². The molecule has 0 unspecified atom stereocenters. The van der Waals surface area contributed by atoms with Crippen LogP contribution in [0, 0.1) is 10.1 Å². The van der Waals surface area contributed by atoms with Crippen molar-refractivity contribution in [1.82, 2.24) is 8.54 Å². The highest BCUT2D eigenvalue weighted by molar-refractivity contribution is 7.90. The predicted octanol–water partition coefficient (Wildman–Crippen LogP) is 5.04. The van der Waals surface area contributed by atoms with E-state index in [-0.39, 0.29) is 27.3 Å². The zero-order valence-electron chi connectivity index (χ0n) is 27.1. The maximum absolute atomic E-state index is 14.5. The number of ether oxygens (including phenoxy) is 2. The van der Waals surface area contributed by atoms with Crippen molar-refractivity contribution in [2.75, 3.05) is 13.7 Å². The molecule has 0 aliphatic carbocycles. The van der Waals surface area contributed by atoms with Crippen molar-refractivity contribution in [3.8, 4) is 5.75 Å². The van der Waals surface area contributed by atoms with Crippen LogP contribution in [0.15, 0.2) is 130 Å². The highest BCUT2D eigenvalue weighted by Gasteiger charge is 2.35. The van der Waals surface area contributed by atoms with E-state index in [1.807, 2.05) is 30.3 Å². The maximum atomic E-state index is 14.5. The van der Waals surface area contributed by atoms with Gasteiger partial charge in [0.25, 0.3) is 21.3 Å². The normalized spacial score (nSPS) is 14.6. The third kappa shape index (κ3) is 5.93. The van der Waals surface area contributed by atoms with Gasteiger partial charge in [-0.2, -0.15) is 0 Å². The molecule has 1 atom stereocenters. The summed E-state index contributed by atoms with van der Waals surface area (Å²) >= 11 is 1.09. The van der Waals surface area contributed by atoms with Gasteiger partial charge in [0.15, 0.2) is 4.80 Å². The summed E-state index contributed by atoms with van der Waals surface area (Å²) in [5.74, 6) is -0.106. The van der Waals surface area contributed by atoms with Gasteiger partial charge in [-0.1, -0.05) is 78.1 Å². The van der Waals surface area contributed by atoms with Crippen molar-refractivity contribution in [2.45, 2.75) is 17.9 Å². The summed E-state index contributed by atoms with van der Waals surface area (Å²) in [6.07, 6.45) is 2.97. The van der Waals surface area contributed by atoms with Crippen molar-refractivity contribution in [1.29, 1.82) is 0 Å². The first-order valence-corrected chi connectivity index (χ1v) is 17.9. The molecule has 0 amide bonds. The van der Waals surface area contributed by atoms with Gasteiger partial charge >= 0.3 is 5.97 Å². The lowest BCUT2D eigenvalue weighted by atomic mass is 9.93. The van der Waals surface area contributed by atoms with Gasteiger partial charge in [-0.25, -0.2) is 22.2 Å². The Balaban J connectivity index is 1.47. The molecule has 51 heavy (non-hydrogen) atoms. The minimum atomic E-state index is -4.29. The number of nitro groups is 1. The lowest BCUT2D eigenvalue weighted by Gasteiger charge is -2.26. The second kappa shape index (κ2) is 13.3. The number of hydrogen-bond acceptors (Lipinski definition) is 10. The van der Waals surface area contributed by atoms with Gasteiger partial charge in [-0.05, 0) is 42.8 Å². The Kier molecular flexibility index (Phi) is 8.71. The first-order valence-electron chi connectivity index (χ1n) is 15.6. The molecule has 0 spiro atoms. The maximum Gasteiger partial charge on any atom is 0.338 e. The summed E-state index contributed by atoms with van der Waals surface area (Å²) in [6, 6.07) is 26.9. The molecule has 0 saturated heterocycles. The van der Waals surface area contributed by atoms with E-state index in [9.17, 15) is 28.1 Å². The summed E-state index contributed by atoms with van der Waals surface area (Å²) in [5, 5.41) is 11.9. The molecule has 12 nitrogen and oxygen atoms in total. The monoisotopic (exact) mass is 720 g/mol. The number of fused-ring (bicyclic) bond motifs is 2. The number of esters is 1. The van der Waals surface area contributed by atoms with Gasteiger partial charge in [0.1, 0.15) is 5.75 Å². The van der Waals surface area contributed by atoms with Gasteiger partial charge in [0.2, 0.25) is 0 Å². The van der Waals surface area contributed by atoms with Gasteiger partial charge in [0, 0.05) is 34.8 Å². The Morgan fingerprint density at radius 3 is 2.49 bits per heavy atom. The highest BCUT2D eigenvalue weighted by Crippen LogP contribution is 2.36. The Morgan fingerprint density at radius 1 is 1.00 bits per heavy atom. The third-order valence-corrected chi connectivity index (χ3v) is 11.0. The van der Waals surface area contributed by atoms with Crippen LogP contribution >= 0.6 is 11.3 Å². The number of aromatic nitrogens is 2. The summed E-state index contributed by atoms with van der Waals surface area (Å²) < 4.78 is 41.5. The summed E-state index contributed by atoms with van der Waals surface area (Å²) in [5.41, 5.74) is 1.68. The predicted molar refractivity (Wildman–Crippen MR) is 192 cm³/mol. The average Bonchev–Trinajstić information content (AvgIpc) is 3.68. The van der Waals surface area contributed by atoms with Crippen LogP contribution < -0.4 is 19.6 Å². The van der Waals surface area contributed by atoms with Crippen LogP contribution in [0.1, 0.15) is 29.7 Å². The van der Waals surface area contributed by atoms with Crippen LogP contribution in [0.4, 0.5) is 5.69 Å². The molecule has 0 radical (unpaired) electrons. The molecule has 6 aromatic rings. The first-order chi connectivity index (χ1) is 24.6. The number of methoxy groups -OCH3 is 1. The largest absolute Gasteiger partial charge is 0.497 e. The second-order valence-corrected chi connectivity index (χ2v) is 14.2. The number of hydrogen-bond donors (Lipinski definition) is 0. The Labute approximate surface area is 294 Å². The van der Waals surface area contributed by atoms with Crippen LogP contribution in [0.3, 0.4) is 0 Å². The van der Waals surface area contributed by atoms with E-state index in [2.05, 4.69) is 0 Å². The van der Waals surface area contributed by atoms with Gasteiger partial charge < -0.3 is 9.47 Å². The summed E-state index contributed by atoms with van der Waals surface area (Å²) in [6.45, 7) is 1.80. The van der Waals surface area contributed by atoms with Crippen molar-refractivity contribution in [2.24, 2.45) is 4.99 Å². The molecule has 4 aromatic carbocycles. The molecule has 7 rings (SSSR count). The summed E-state index contributed by atoms with van der Waals surface area (Å²) in [4.78, 5) is 43.9. The number of para-hydroxylation sites is 1. The van der Waals surface area contributed by atoms with Crippen LogP contribution in [0.5, 0.6) is 5.75 Å².